The second-order valence-corrected chi connectivity index (χ2v) is 3.97. The first-order valence-corrected chi connectivity index (χ1v) is 5.14. The van der Waals surface area contributed by atoms with E-state index in [0.717, 1.165) is 19.3 Å². The second kappa shape index (κ2) is 5.11. The van der Waals surface area contributed by atoms with E-state index < -0.39 is 0 Å². The van der Waals surface area contributed by atoms with Crippen LogP contribution in [0.4, 0.5) is 0 Å². The van der Waals surface area contributed by atoms with Gasteiger partial charge in [-0.1, -0.05) is 0 Å². The summed E-state index contributed by atoms with van der Waals surface area (Å²) < 4.78 is 4.62. The number of rotatable bonds is 5. The Balaban J connectivity index is 2.46. The highest BCUT2D eigenvalue weighted by Crippen LogP contribution is 2.35. The lowest BCUT2D eigenvalue weighted by molar-refractivity contribution is -0.143. The summed E-state index contributed by atoms with van der Waals surface area (Å²) in [5.41, 5.74) is -0.346. The minimum atomic E-state index is -0.346. The van der Waals surface area contributed by atoms with Gasteiger partial charge in [-0.15, -0.1) is 0 Å². The summed E-state index contributed by atoms with van der Waals surface area (Å²) in [6.07, 6.45) is 3.05. The molecule has 1 rings (SSSR count). The molecule has 1 fully saturated rings. The summed E-state index contributed by atoms with van der Waals surface area (Å²) in [5.74, 6) is -0.333. The molecule has 15 heavy (non-hydrogen) atoms. The fraction of sp³-hybridized carbons (Fsp3) is 0.800. The van der Waals surface area contributed by atoms with Crippen LogP contribution in [0.5, 0.6) is 0 Å². The molecule has 0 atom stereocenters. The number of carbonyl (C=O) groups is 2. The average Bonchev–Trinajstić information content (AvgIpc) is 2.14. The number of hydrogen-bond acceptors (Lipinski definition) is 4. The quantitative estimate of drug-likeness (QED) is 0.622. The van der Waals surface area contributed by atoms with Gasteiger partial charge in [-0.2, -0.15) is 0 Å². The monoisotopic (exact) mass is 214 g/mol. The van der Waals surface area contributed by atoms with Crippen LogP contribution in [0.2, 0.25) is 0 Å². The van der Waals surface area contributed by atoms with Gasteiger partial charge in [-0.25, -0.2) is 0 Å². The Morgan fingerprint density at radius 2 is 2.07 bits per heavy atom. The van der Waals surface area contributed by atoms with Crippen molar-refractivity contribution in [2.75, 3.05) is 20.7 Å². The van der Waals surface area contributed by atoms with E-state index in [9.17, 15) is 9.59 Å². The number of amides is 1. The number of hydrogen-bond donors (Lipinski definition) is 2. The maximum Gasteiger partial charge on any atom is 0.307 e. The third kappa shape index (κ3) is 3.20. The number of methoxy groups -OCH3 is 1. The molecule has 0 spiro atoms. The number of esters is 1. The first-order valence-electron chi connectivity index (χ1n) is 5.14. The normalized spacial score (nSPS) is 17.7. The Morgan fingerprint density at radius 3 is 2.47 bits per heavy atom. The maximum atomic E-state index is 11.4. The molecule has 5 nitrogen and oxygen atoms in total. The molecule has 1 aliphatic carbocycles. The molecule has 86 valence electrons. The van der Waals surface area contributed by atoms with Crippen LogP contribution in [0.25, 0.3) is 0 Å². The molecule has 0 radical (unpaired) electrons. The Bertz CT molecular complexity index is 249. The molecule has 2 N–H and O–H groups in total. The minimum absolute atomic E-state index is 0.0684. The van der Waals surface area contributed by atoms with Crippen molar-refractivity contribution in [2.45, 2.75) is 31.2 Å². The number of nitrogens with one attached hydrogen (secondary N) is 2. The molecule has 1 amide bonds. The van der Waals surface area contributed by atoms with Gasteiger partial charge in [0, 0.05) is 0 Å². The number of ether oxygens (including phenoxy) is 1. The fourth-order valence-corrected chi connectivity index (χ4v) is 1.80. The first kappa shape index (κ1) is 12.0. The molecule has 0 bridgehead atoms. The van der Waals surface area contributed by atoms with Crippen molar-refractivity contribution in [1.82, 2.24) is 10.6 Å². The van der Waals surface area contributed by atoms with E-state index in [1.165, 1.54) is 7.11 Å². The van der Waals surface area contributed by atoms with Crippen LogP contribution in [0.3, 0.4) is 0 Å². The van der Waals surface area contributed by atoms with Gasteiger partial charge in [0.2, 0.25) is 5.91 Å². The zero-order valence-corrected chi connectivity index (χ0v) is 9.26. The van der Waals surface area contributed by atoms with E-state index in [4.69, 9.17) is 0 Å². The Hall–Kier alpha value is -1.10. The zero-order valence-electron chi connectivity index (χ0n) is 9.26. The molecule has 0 saturated heterocycles. The molecule has 1 saturated carbocycles. The van der Waals surface area contributed by atoms with Crippen LogP contribution in [0.1, 0.15) is 25.7 Å². The topological polar surface area (TPSA) is 67.4 Å². The van der Waals surface area contributed by atoms with Crippen molar-refractivity contribution in [3.8, 4) is 0 Å². The predicted molar refractivity (Wildman–Crippen MR) is 55.3 cm³/mol. The summed E-state index contributed by atoms with van der Waals surface area (Å²) in [6, 6.07) is 0. The van der Waals surface area contributed by atoms with Crippen LogP contribution in [-0.2, 0) is 14.3 Å². The Morgan fingerprint density at radius 1 is 1.40 bits per heavy atom. The van der Waals surface area contributed by atoms with Crippen LogP contribution in [0.15, 0.2) is 0 Å². The highest BCUT2D eigenvalue weighted by atomic mass is 16.5. The van der Waals surface area contributed by atoms with Crippen LogP contribution >= 0.6 is 0 Å². The van der Waals surface area contributed by atoms with Crippen molar-refractivity contribution in [1.29, 1.82) is 0 Å². The lowest BCUT2D eigenvalue weighted by Gasteiger charge is -2.41. The predicted octanol–water partition coefficient (Wildman–Crippen LogP) is -0.192. The summed E-state index contributed by atoms with van der Waals surface area (Å²) in [5, 5.41) is 5.67. The average molecular weight is 214 g/mol. The van der Waals surface area contributed by atoms with Crippen LogP contribution in [0, 0.1) is 0 Å². The van der Waals surface area contributed by atoms with E-state index in [2.05, 4.69) is 15.4 Å². The number of carbonyl (C=O) groups excluding carboxylic acids is 2. The van der Waals surface area contributed by atoms with Crippen molar-refractivity contribution < 1.29 is 14.3 Å². The van der Waals surface area contributed by atoms with Crippen molar-refractivity contribution in [2.24, 2.45) is 0 Å². The van der Waals surface area contributed by atoms with Crippen molar-refractivity contribution >= 4 is 11.9 Å². The Labute approximate surface area is 89.6 Å². The Kier molecular flexibility index (Phi) is 4.08. The lowest BCUT2D eigenvalue weighted by Crippen LogP contribution is -2.56. The van der Waals surface area contributed by atoms with E-state index >= 15 is 0 Å². The minimum Gasteiger partial charge on any atom is -0.469 e. The SMILES string of the molecule is CNCC(=O)NC1(CC(=O)OC)CCC1. The fourth-order valence-electron chi connectivity index (χ4n) is 1.80. The van der Waals surface area contributed by atoms with Gasteiger partial charge < -0.3 is 15.4 Å². The van der Waals surface area contributed by atoms with Gasteiger partial charge in [0.1, 0.15) is 0 Å². The summed E-state index contributed by atoms with van der Waals surface area (Å²) in [6.45, 7) is 0.281. The number of likely N-dealkylation sites (N-methyl/N-ethyl adjacent to an activating group) is 1. The van der Waals surface area contributed by atoms with E-state index in [1.807, 2.05) is 0 Å². The van der Waals surface area contributed by atoms with E-state index in [-0.39, 0.29) is 30.4 Å². The highest BCUT2D eigenvalue weighted by molar-refractivity contribution is 5.80. The molecule has 0 unspecified atom stereocenters. The summed E-state index contributed by atoms with van der Waals surface area (Å²) in [4.78, 5) is 22.6. The zero-order chi connectivity index (χ0) is 11.3. The largest absolute Gasteiger partial charge is 0.469 e. The molecule has 0 aromatic heterocycles. The van der Waals surface area contributed by atoms with Gasteiger partial charge in [0.25, 0.3) is 0 Å². The summed E-state index contributed by atoms with van der Waals surface area (Å²) >= 11 is 0. The highest BCUT2D eigenvalue weighted by Gasteiger charge is 2.40. The standard InChI is InChI=1S/C10H18N2O3/c1-11-7-8(13)12-10(4-3-5-10)6-9(14)15-2/h11H,3-7H2,1-2H3,(H,12,13). The van der Waals surface area contributed by atoms with Gasteiger partial charge in [-0.3, -0.25) is 9.59 Å². The third-order valence-corrected chi connectivity index (χ3v) is 2.76. The molecule has 0 heterocycles. The first-order chi connectivity index (χ1) is 7.12. The molecular formula is C10H18N2O3. The third-order valence-electron chi connectivity index (χ3n) is 2.76. The van der Waals surface area contributed by atoms with Crippen LogP contribution in [-0.4, -0.2) is 38.1 Å². The van der Waals surface area contributed by atoms with Gasteiger partial charge in [0.15, 0.2) is 0 Å². The molecule has 0 aliphatic heterocycles. The second-order valence-electron chi connectivity index (χ2n) is 3.97. The van der Waals surface area contributed by atoms with Crippen molar-refractivity contribution in [3.05, 3.63) is 0 Å². The van der Waals surface area contributed by atoms with Gasteiger partial charge in [-0.05, 0) is 26.3 Å². The van der Waals surface area contributed by atoms with Gasteiger partial charge in [0.05, 0.1) is 25.6 Å². The van der Waals surface area contributed by atoms with E-state index in [0.29, 0.717) is 0 Å². The van der Waals surface area contributed by atoms with Crippen LogP contribution < -0.4 is 10.6 Å². The molecule has 5 heteroatoms. The molecule has 0 aromatic rings. The smallest absolute Gasteiger partial charge is 0.307 e. The molecular weight excluding hydrogens is 196 g/mol. The summed E-state index contributed by atoms with van der Waals surface area (Å²) in [7, 11) is 3.08. The molecule has 1 aliphatic rings. The lowest BCUT2D eigenvalue weighted by atomic mass is 9.74. The van der Waals surface area contributed by atoms with E-state index in [1.54, 1.807) is 7.05 Å². The van der Waals surface area contributed by atoms with Crippen molar-refractivity contribution in [3.63, 3.8) is 0 Å². The van der Waals surface area contributed by atoms with Gasteiger partial charge >= 0.3 is 5.97 Å². The maximum absolute atomic E-state index is 11.4. The molecule has 0 aromatic carbocycles.